The van der Waals surface area contributed by atoms with Crippen molar-refractivity contribution in [3.63, 3.8) is 0 Å². The van der Waals surface area contributed by atoms with E-state index in [0.717, 1.165) is 13.0 Å². The Morgan fingerprint density at radius 3 is 2.76 bits per heavy atom. The van der Waals surface area contributed by atoms with Crippen molar-refractivity contribution < 1.29 is 32.7 Å². The zero-order chi connectivity index (χ0) is 10.5. The van der Waals surface area contributed by atoms with E-state index in [2.05, 4.69) is 49.1 Å². The molecule has 2 radical (unpaired) electrons. The maximum Gasteiger partial charge on any atom is 0 e. The Bertz CT molecular complexity index is 440. The van der Waals surface area contributed by atoms with Gasteiger partial charge in [-0.05, 0) is 13.0 Å². The van der Waals surface area contributed by atoms with Crippen molar-refractivity contribution in [2.45, 2.75) is 13.3 Å². The Morgan fingerprint density at radius 2 is 2.00 bits per heavy atom. The van der Waals surface area contributed by atoms with Gasteiger partial charge in [-0.2, -0.15) is 0 Å². The molecule has 0 bridgehead atoms. The van der Waals surface area contributed by atoms with Gasteiger partial charge in [0.25, 0.3) is 0 Å². The third-order valence-corrected chi connectivity index (χ3v) is 2.39. The molecule has 1 N–H and O–H groups in total. The van der Waals surface area contributed by atoms with Crippen LogP contribution in [0.2, 0.25) is 0 Å². The van der Waals surface area contributed by atoms with Crippen molar-refractivity contribution in [3.05, 3.63) is 54.6 Å². The molecule has 0 unspecified atom stereocenters. The van der Waals surface area contributed by atoms with Crippen LogP contribution in [0, 0.1) is 12.6 Å². The van der Waals surface area contributed by atoms with Crippen LogP contribution in [0.4, 0.5) is 0 Å². The number of fused-ring (bicyclic) bond motifs is 1. The van der Waals surface area contributed by atoms with Crippen LogP contribution >= 0.6 is 0 Å². The smallest absolute Gasteiger partial charge is 0 e. The van der Waals surface area contributed by atoms with E-state index in [1.807, 2.05) is 12.1 Å². The predicted octanol–water partition coefficient (Wildman–Crippen LogP) is 3.15. The molecule has 0 aliphatic heterocycles. The van der Waals surface area contributed by atoms with Gasteiger partial charge in [-0.15, -0.1) is 53.2 Å². The molecular weight excluding hydrogens is 523 g/mol. The average molecular weight is 538 g/mol. The molecule has 2 aromatic carbocycles. The fourth-order valence-electron chi connectivity index (χ4n) is 1.62. The summed E-state index contributed by atoms with van der Waals surface area (Å²) < 4.78 is 0. The van der Waals surface area contributed by atoms with Gasteiger partial charge < -0.3 is 5.32 Å². The fourth-order valence-corrected chi connectivity index (χ4v) is 1.62. The minimum absolute atomic E-state index is 0. The Labute approximate surface area is 123 Å². The van der Waals surface area contributed by atoms with E-state index >= 15 is 0 Å². The van der Waals surface area contributed by atoms with Crippen LogP contribution in [0.15, 0.2) is 36.4 Å². The van der Waals surface area contributed by atoms with Gasteiger partial charge in [0.05, 0.1) is 0 Å². The van der Waals surface area contributed by atoms with E-state index in [-0.39, 0.29) is 32.7 Å². The second kappa shape index (κ2) is 7.83. The van der Waals surface area contributed by atoms with E-state index in [1.165, 1.54) is 16.3 Å². The zero-order valence-corrected chi connectivity index (χ0v) is 15.2. The Kier molecular flexibility index (Phi) is 7.20. The summed E-state index contributed by atoms with van der Waals surface area (Å²) in [6.07, 6.45) is 1.15. The van der Waals surface area contributed by atoms with Crippen LogP contribution in [-0.4, -0.2) is 6.54 Å². The molecule has 0 aliphatic rings. The molecule has 0 atom stereocenters. The van der Waals surface area contributed by atoms with Gasteiger partial charge in [0.1, 0.15) is 0 Å². The minimum atomic E-state index is 0. The Hall–Kier alpha value is -1.37. The second-order valence-corrected chi connectivity index (χ2v) is 3.58. The van der Waals surface area contributed by atoms with Crippen LogP contribution < -0.4 is 5.32 Å². The molecule has 92 valence electrons. The summed E-state index contributed by atoms with van der Waals surface area (Å²) >= 11 is 0. The molecule has 0 fully saturated rings. The number of nitrogens with one attached hydrogen (secondary N) is 1. The average Bonchev–Trinajstić information content (AvgIpc) is 2.30. The first-order chi connectivity index (χ1) is 7.42. The van der Waals surface area contributed by atoms with Crippen molar-refractivity contribution in [1.29, 1.82) is 0 Å². The van der Waals surface area contributed by atoms with E-state index in [0.29, 0.717) is 0 Å². The summed E-state index contributed by atoms with van der Waals surface area (Å²) in [5.74, 6) is 0. The van der Waals surface area contributed by atoms with Crippen LogP contribution in [-0.2, 0) is 32.7 Å². The zero-order valence-electron chi connectivity index (χ0n) is 9.83. The third kappa shape index (κ3) is 3.85. The molecule has 0 heterocycles. The molecule has 2 aromatic rings. The first-order valence-corrected chi connectivity index (χ1v) is 5.38. The van der Waals surface area contributed by atoms with E-state index in [1.54, 1.807) is 0 Å². The van der Waals surface area contributed by atoms with Crippen molar-refractivity contribution in [1.82, 2.24) is 5.32 Å². The van der Waals surface area contributed by atoms with Gasteiger partial charge in [-0.1, -0.05) is 19.1 Å². The summed E-state index contributed by atoms with van der Waals surface area (Å²) in [6, 6.07) is 15.6. The molecule has 17 heavy (non-hydrogen) atoms. The number of rotatable bonds is 4. The van der Waals surface area contributed by atoms with Gasteiger partial charge >= 0.3 is 0 Å². The van der Waals surface area contributed by atoms with Crippen LogP contribution in [0.25, 0.3) is 10.8 Å². The van der Waals surface area contributed by atoms with Crippen molar-refractivity contribution in [3.8, 4) is 0 Å². The quantitative estimate of drug-likeness (QED) is 0.467. The SMILES string of the molecule is CCCN[CH-]c1cc[c-]c2ccccc12.[Es].[Y]. The number of benzene rings is 2. The van der Waals surface area contributed by atoms with E-state index in [4.69, 9.17) is 0 Å². The van der Waals surface area contributed by atoms with Gasteiger partial charge in [-0.3, -0.25) is 0 Å². The van der Waals surface area contributed by atoms with Gasteiger partial charge in [-0.25, -0.2) is 0 Å². The maximum absolute atomic E-state index is 3.30. The summed E-state index contributed by atoms with van der Waals surface area (Å²) in [4.78, 5) is 0. The first-order valence-electron chi connectivity index (χ1n) is 5.38. The standard InChI is InChI=1S/C14H15N.Es.Y/c1-2-10-15-11-13-8-5-7-12-6-3-4-9-14(12)13;;/h3-6,8-9,11,15H,2,10H2,1H3;;/q-2;;. The maximum atomic E-state index is 3.30. The molecule has 0 saturated carbocycles. The second-order valence-electron chi connectivity index (χ2n) is 3.58. The molecule has 3 heteroatoms. The molecule has 0 spiro atoms. The topological polar surface area (TPSA) is 12.0 Å². The predicted molar refractivity (Wildman–Crippen MR) is 64.5 cm³/mol. The first kappa shape index (κ1) is 15.6. The molecule has 2 rings (SSSR count). The molecule has 0 amide bonds. The molecule has 0 aromatic heterocycles. The van der Waals surface area contributed by atoms with Crippen LogP contribution in [0.3, 0.4) is 0 Å². The Balaban J connectivity index is 0.00000128. The van der Waals surface area contributed by atoms with Crippen LogP contribution in [0.1, 0.15) is 18.9 Å². The molecule has 0 saturated heterocycles. The molecule has 0 aliphatic carbocycles. The van der Waals surface area contributed by atoms with Crippen molar-refractivity contribution >= 4 is 10.8 Å². The summed E-state index contributed by atoms with van der Waals surface area (Å²) in [5, 5.41) is 5.73. The van der Waals surface area contributed by atoms with Crippen molar-refractivity contribution in [2.24, 2.45) is 0 Å². The van der Waals surface area contributed by atoms with Crippen LogP contribution in [0.5, 0.6) is 0 Å². The summed E-state index contributed by atoms with van der Waals surface area (Å²) in [7, 11) is 0. The van der Waals surface area contributed by atoms with Gasteiger partial charge in [0, 0.05) is 32.7 Å². The minimum Gasteiger partial charge on any atom is -0.347 e. The summed E-state index contributed by atoms with van der Waals surface area (Å²) in [6.45, 7) is 5.27. The normalized spacial score (nSPS) is 9.24. The molecular formula is C14H15EsNY-2. The third-order valence-electron chi connectivity index (χ3n) is 2.39. The van der Waals surface area contributed by atoms with Gasteiger partial charge in [0.15, 0.2) is 0 Å². The number of hydrogen-bond donors (Lipinski definition) is 1. The largest absolute Gasteiger partial charge is 0.347 e. The van der Waals surface area contributed by atoms with Gasteiger partial charge in [0.2, 0.25) is 0 Å². The van der Waals surface area contributed by atoms with E-state index in [9.17, 15) is 0 Å². The molecule has 1 nitrogen and oxygen atoms in total. The monoisotopic (exact) mass is 538 g/mol. The fraction of sp³-hybridized carbons (Fsp3) is 0.214. The van der Waals surface area contributed by atoms with E-state index < -0.39 is 0 Å². The van der Waals surface area contributed by atoms with Crippen molar-refractivity contribution in [2.75, 3.05) is 6.54 Å². The number of hydrogen-bond acceptors (Lipinski definition) is 1. The Morgan fingerprint density at radius 1 is 1.24 bits per heavy atom. The summed E-state index contributed by atoms with van der Waals surface area (Å²) in [5.41, 5.74) is 1.23.